The summed E-state index contributed by atoms with van der Waals surface area (Å²) < 4.78 is 27.4. The molecule has 6 aliphatic rings. The molecule has 3 N–H and O–H groups in total. The van der Waals surface area contributed by atoms with Gasteiger partial charge in [0.25, 0.3) is 0 Å². The second-order valence-electron chi connectivity index (χ2n) is 13.4. The van der Waals surface area contributed by atoms with Gasteiger partial charge in [-0.1, -0.05) is 18.2 Å². The van der Waals surface area contributed by atoms with Gasteiger partial charge in [0.05, 0.1) is 29.0 Å². The van der Waals surface area contributed by atoms with Crippen LogP contribution >= 0.6 is 0 Å². The summed E-state index contributed by atoms with van der Waals surface area (Å²) in [5, 5.41) is 20.6. The Morgan fingerprint density at radius 1 is 1.29 bits per heavy atom. The first-order chi connectivity index (χ1) is 19.6. The number of aromatic nitrogens is 2. The lowest BCUT2D eigenvalue weighted by Crippen LogP contribution is -2.56. The predicted molar refractivity (Wildman–Crippen MR) is 151 cm³/mol. The van der Waals surface area contributed by atoms with Crippen molar-refractivity contribution in [1.82, 2.24) is 14.9 Å². The molecule has 0 amide bonds. The third-order valence-electron chi connectivity index (χ3n) is 10.3. The maximum absolute atomic E-state index is 14.4. The van der Waals surface area contributed by atoms with E-state index >= 15 is 0 Å². The molecule has 1 aromatic heterocycles. The molecule has 1 spiro atoms. The Bertz CT molecular complexity index is 1390. The summed E-state index contributed by atoms with van der Waals surface area (Å²) in [6.07, 6.45) is 9.83. The lowest BCUT2D eigenvalue weighted by atomic mass is 9.69. The number of anilines is 1. The average molecular weight is 563 g/mol. The van der Waals surface area contributed by atoms with Crippen molar-refractivity contribution in [2.75, 3.05) is 37.7 Å². The fraction of sp³-hybridized carbons (Fsp3) is 0.645. The highest BCUT2D eigenvalue weighted by atomic mass is 19.1. The van der Waals surface area contributed by atoms with Crippen molar-refractivity contribution in [1.29, 1.82) is 5.26 Å². The highest BCUT2D eigenvalue weighted by molar-refractivity contribution is 5.57. The Kier molecular flexibility index (Phi) is 6.23. The zero-order valence-electron chi connectivity index (χ0n) is 23.9. The van der Waals surface area contributed by atoms with Crippen molar-refractivity contribution < 1.29 is 19.0 Å². The molecule has 3 fully saturated rings. The first-order valence-electron chi connectivity index (χ1n) is 14.9. The second kappa shape index (κ2) is 9.51. The maximum atomic E-state index is 14.4. The maximum Gasteiger partial charge on any atom is 0.318 e. The fourth-order valence-electron chi connectivity index (χ4n) is 7.90. The van der Waals surface area contributed by atoms with Gasteiger partial charge in [-0.25, -0.2) is 4.39 Å². The Morgan fingerprint density at radius 2 is 2.12 bits per heavy atom. The third kappa shape index (κ3) is 4.36. The third-order valence-corrected chi connectivity index (χ3v) is 10.3. The van der Waals surface area contributed by atoms with Crippen molar-refractivity contribution in [3.8, 4) is 12.1 Å². The van der Waals surface area contributed by atoms with Crippen LogP contribution in [0.15, 0.2) is 35.1 Å². The molecule has 0 radical (unpaired) electrons. The number of hydrogen-bond acceptors (Lipinski definition) is 9. The normalized spacial score (nSPS) is 33.2. The number of fused-ring (bicyclic) bond motifs is 4. The summed E-state index contributed by atoms with van der Waals surface area (Å²) in [6, 6.07) is 2.64. The Morgan fingerprint density at radius 3 is 2.90 bits per heavy atom. The smallest absolute Gasteiger partial charge is 0.318 e. The summed E-state index contributed by atoms with van der Waals surface area (Å²) in [5.74, 6) is 1.05. The van der Waals surface area contributed by atoms with E-state index < -0.39 is 17.4 Å². The van der Waals surface area contributed by atoms with E-state index in [0.29, 0.717) is 63.0 Å². The highest BCUT2D eigenvalue weighted by Crippen LogP contribution is 2.48. The summed E-state index contributed by atoms with van der Waals surface area (Å²) in [7, 11) is 0. The van der Waals surface area contributed by atoms with Crippen LogP contribution in [0.4, 0.5) is 10.2 Å². The minimum Gasteiger partial charge on any atom is -0.461 e. The molecule has 9 nitrogen and oxygen atoms in total. The monoisotopic (exact) mass is 562 g/mol. The molecular weight excluding hydrogens is 523 g/mol. The number of rotatable bonds is 5. The van der Waals surface area contributed by atoms with E-state index in [1.54, 1.807) is 0 Å². The number of aliphatic hydroxyl groups is 1. The van der Waals surface area contributed by atoms with Crippen LogP contribution in [-0.4, -0.2) is 75.7 Å². The Hall–Kier alpha value is -3.00. The molecule has 41 heavy (non-hydrogen) atoms. The molecule has 3 saturated heterocycles. The van der Waals surface area contributed by atoms with Crippen LogP contribution in [0.1, 0.15) is 57.2 Å². The number of alkyl halides is 1. The van der Waals surface area contributed by atoms with Gasteiger partial charge in [0.15, 0.2) is 0 Å². The van der Waals surface area contributed by atoms with E-state index in [-0.39, 0.29) is 17.4 Å². The van der Waals surface area contributed by atoms with Crippen LogP contribution in [0, 0.1) is 23.2 Å². The van der Waals surface area contributed by atoms with Gasteiger partial charge < -0.3 is 25.2 Å². The van der Waals surface area contributed by atoms with E-state index in [4.69, 9.17) is 25.2 Å². The molecule has 4 unspecified atom stereocenters. The number of nitrogens with zero attached hydrogens (tertiary/aromatic N) is 5. The minimum absolute atomic E-state index is 0.127. The molecule has 10 heteroatoms. The van der Waals surface area contributed by atoms with Crippen molar-refractivity contribution >= 4 is 5.82 Å². The number of ether oxygens (including phenoxy) is 2. The molecule has 1 aromatic rings. The summed E-state index contributed by atoms with van der Waals surface area (Å²) in [6.45, 7) is 7.04. The minimum atomic E-state index is -0.832. The second-order valence-corrected chi connectivity index (χ2v) is 13.4. The summed E-state index contributed by atoms with van der Waals surface area (Å²) in [4.78, 5) is 14.2. The topological polar surface area (TPSA) is 121 Å². The molecule has 0 aromatic carbocycles. The van der Waals surface area contributed by atoms with Crippen LogP contribution in [0.25, 0.3) is 0 Å². The summed E-state index contributed by atoms with van der Waals surface area (Å²) in [5.41, 5.74) is 8.12. The first-order valence-corrected chi connectivity index (χ1v) is 14.9. The van der Waals surface area contributed by atoms with Gasteiger partial charge in [-0.2, -0.15) is 15.2 Å². The Balaban J connectivity index is 1.24. The molecular formula is C31H39FN6O3. The van der Waals surface area contributed by atoms with Gasteiger partial charge in [0, 0.05) is 49.7 Å². The van der Waals surface area contributed by atoms with Crippen molar-refractivity contribution in [3.05, 3.63) is 46.3 Å². The average Bonchev–Trinajstić information content (AvgIpc) is 3.41. The zero-order valence-corrected chi connectivity index (χ0v) is 23.9. The van der Waals surface area contributed by atoms with Gasteiger partial charge in [-0.05, 0) is 57.6 Å². The number of allylic oxidation sites excluding steroid dienone is 3. The molecule has 4 aliphatic heterocycles. The van der Waals surface area contributed by atoms with Crippen LogP contribution < -0.4 is 15.4 Å². The molecule has 0 saturated carbocycles. The van der Waals surface area contributed by atoms with Gasteiger partial charge in [0.1, 0.15) is 30.3 Å². The van der Waals surface area contributed by atoms with Gasteiger partial charge in [-0.15, -0.1) is 0 Å². The van der Waals surface area contributed by atoms with E-state index in [1.807, 2.05) is 19.9 Å². The lowest BCUT2D eigenvalue weighted by molar-refractivity contribution is -0.0176. The van der Waals surface area contributed by atoms with Crippen molar-refractivity contribution in [3.63, 3.8) is 0 Å². The molecule has 4 atom stereocenters. The van der Waals surface area contributed by atoms with Crippen LogP contribution in [0.5, 0.6) is 6.01 Å². The van der Waals surface area contributed by atoms with Crippen LogP contribution in [0.3, 0.4) is 0 Å². The quantitative estimate of drug-likeness (QED) is 0.522. The molecule has 218 valence electrons. The predicted octanol–water partition coefficient (Wildman–Crippen LogP) is 3.09. The zero-order chi connectivity index (χ0) is 28.6. The summed E-state index contributed by atoms with van der Waals surface area (Å²) >= 11 is 0. The van der Waals surface area contributed by atoms with Crippen molar-refractivity contribution in [2.45, 2.75) is 81.9 Å². The SMILES string of the molecule is CC(C)(O)C1CN(c2nc(OCC34CCCN3CC(F)C4)nc3c2COC2(C=CCC4CC=C(N)C(C#N)=C42)C3)C1. The van der Waals surface area contributed by atoms with Gasteiger partial charge in [0.2, 0.25) is 0 Å². The fourth-order valence-corrected chi connectivity index (χ4v) is 7.90. The lowest BCUT2D eigenvalue weighted by Gasteiger charge is -2.48. The molecule has 2 aliphatic carbocycles. The first kappa shape index (κ1) is 26.9. The van der Waals surface area contributed by atoms with E-state index in [1.165, 1.54) is 0 Å². The largest absolute Gasteiger partial charge is 0.461 e. The standard InChI is InChI=1S/C31H39FN6O3/c1-29(2,39)20-14-37(15-20)27-23-17-41-31(9-3-5-19-6-7-24(34)22(13-33)26(19)31)12-25(23)35-28(36-27)40-18-30-8-4-10-38(30)16-21(32)11-30/h3,7,9,19-21,39H,4-6,8,10-12,14-18,34H2,1-2H3. The van der Waals surface area contributed by atoms with E-state index in [9.17, 15) is 14.8 Å². The Labute approximate surface area is 240 Å². The van der Waals surface area contributed by atoms with Gasteiger partial charge >= 0.3 is 6.01 Å². The highest BCUT2D eigenvalue weighted by Gasteiger charge is 2.50. The van der Waals surface area contributed by atoms with E-state index in [0.717, 1.165) is 54.9 Å². The molecule has 0 bridgehead atoms. The number of nitrogens with two attached hydrogens (primary N) is 1. The number of hydrogen-bond donors (Lipinski definition) is 2. The van der Waals surface area contributed by atoms with Crippen molar-refractivity contribution in [2.24, 2.45) is 17.6 Å². The van der Waals surface area contributed by atoms with E-state index in [2.05, 4.69) is 28.0 Å². The van der Waals surface area contributed by atoms with Crippen LogP contribution in [-0.2, 0) is 17.8 Å². The number of halogens is 1. The molecule has 7 rings (SSSR count). The van der Waals surface area contributed by atoms with Crippen LogP contribution in [0.2, 0.25) is 0 Å². The number of nitriles is 1. The van der Waals surface area contributed by atoms with Gasteiger partial charge in [-0.3, -0.25) is 4.90 Å². The molecule has 5 heterocycles.